The van der Waals surface area contributed by atoms with Gasteiger partial charge in [0.25, 0.3) is 0 Å². The lowest BCUT2D eigenvalue weighted by atomic mass is 9.98. The Morgan fingerprint density at radius 1 is 1.26 bits per heavy atom. The Balaban J connectivity index is 0.00000180. The van der Waals surface area contributed by atoms with Crippen molar-refractivity contribution in [3.63, 3.8) is 0 Å². The second-order valence-electron chi connectivity index (χ2n) is 4.58. The lowest BCUT2D eigenvalue weighted by Crippen LogP contribution is -2.28. The van der Waals surface area contributed by atoms with E-state index < -0.39 is 12.1 Å². The maximum absolute atomic E-state index is 10.1. The first-order chi connectivity index (χ1) is 8.58. The number of hydrogen-bond acceptors (Lipinski definition) is 4. The van der Waals surface area contributed by atoms with Crippen LogP contribution in [-0.2, 0) is 0 Å². The van der Waals surface area contributed by atoms with Gasteiger partial charge in [-0.1, -0.05) is 0 Å². The van der Waals surface area contributed by atoms with Gasteiger partial charge in [-0.25, -0.2) is 0 Å². The Morgan fingerprint density at radius 3 is 2.32 bits per heavy atom. The lowest BCUT2D eigenvalue weighted by molar-refractivity contribution is 0.121. The molecule has 108 valence electrons. The molecule has 6 heteroatoms. The van der Waals surface area contributed by atoms with Crippen LogP contribution < -0.4 is 15.2 Å². The molecule has 0 spiro atoms. The summed E-state index contributed by atoms with van der Waals surface area (Å²) in [5, 5.41) is 10.1. The smallest absolute Gasteiger partial charge is 0.133 e. The molecule has 19 heavy (non-hydrogen) atoms. The number of nitrogens with two attached hydrogens (primary N) is 1. The highest BCUT2D eigenvalue weighted by Crippen LogP contribution is 2.41. The van der Waals surface area contributed by atoms with E-state index in [1.54, 1.807) is 14.2 Å². The van der Waals surface area contributed by atoms with Gasteiger partial charge < -0.3 is 20.3 Å². The lowest BCUT2D eigenvalue weighted by Gasteiger charge is -2.22. The fourth-order valence-corrected chi connectivity index (χ4v) is 2.54. The molecule has 1 aliphatic rings. The predicted molar refractivity (Wildman–Crippen MR) is 80.2 cm³/mol. The molecule has 1 fully saturated rings. The van der Waals surface area contributed by atoms with Crippen LogP contribution >= 0.6 is 28.3 Å². The van der Waals surface area contributed by atoms with Gasteiger partial charge in [-0.05, 0) is 46.8 Å². The third kappa shape index (κ3) is 3.54. The highest BCUT2D eigenvalue weighted by atomic mass is 79.9. The van der Waals surface area contributed by atoms with Crippen molar-refractivity contribution < 1.29 is 14.6 Å². The number of ether oxygens (including phenoxy) is 2. The standard InChI is InChI=1S/C13H18BrNO3.ClH/c1-17-10-6-9(14)11(18-2)5-8(10)12(15)13(16)7-3-4-7;/h5-7,12-13,16H,3-4,15H2,1-2H3;1H/t12-,13+;/m1./s1. The molecule has 0 aromatic heterocycles. The summed E-state index contributed by atoms with van der Waals surface area (Å²) >= 11 is 3.40. The minimum atomic E-state index is -0.523. The van der Waals surface area contributed by atoms with Crippen LogP contribution in [-0.4, -0.2) is 25.4 Å². The van der Waals surface area contributed by atoms with Crippen LogP contribution in [0.2, 0.25) is 0 Å². The molecule has 0 aliphatic heterocycles. The zero-order valence-electron chi connectivity index (χ0n) is 10.9. The number of aliphatic hydroxyl groups is 1. The summed E-state index contributed by atoms with van der Waals surface area (Å²) in [6.45, 7) is 0. The molecule has 0 unspecified atom stereocenters. The van der Waals surface area contributed by atoms with E-state index in [4.69, 9.17) is 15.2 Å². The van der Waals surface area contributed by atoms with Gasteiger partial charge in [0.15, 0.2) is 0 Å². The molecule has 0 radical (unpaired) electrons. The summed E-state index contributed by atoms with van der Waals surface area (Å²) in [6.07, 6.45) is 1.57. The van der Waals surface area contributed by atoms with Gasteiger partial charge in [0.1, 0.15) is 11.5 Å². The maximum atomic E-state index is 10.1. The Kier molecular flexibility index (Phi) is 5.92. The second-order valence-corrected chi connectivity index (χ2v) is 5.44. The third-order valence-electron chi connectivity index (χ3n) is 3.34. The van der Waals surface area contributed by atoms with Crippen molar-refractivity contribution in [3.05, 3.63) is 22.2 Å². The molecule has 1 saturated carbocycles. The molecule has 2 atom stereocenters. The van der Waals surface area contributed by atoms with Crippen LogP contribution in [0.15, 0.2) is 16.6 Å². The Bertz CT molecular complexity index is 440. The normalized spacial score (nSPS) is 17.3. The minimum Gasteiger partial charge on any atom is -0.496 e. The van der Waals surface area contributed by atoms with Crippen molar-refractivity contribution in [2.24, 2.45) is 11.7 Å². The van der Waals surface area contributed by atoms with E-state index in [0.29, 0.717) is 17.4 Å². The molecule has 3 N–H and O–H groups in total. The van der Waals surface area contributed by atoms with E-state index in [9.17, 15) is 5.11 Å². The van der Waals surface area contributed by atoms with Crippen LogP contribution in [0.3, 0.4) is 0 Å². The maximum Gasteiger partial charge on any atom is 0.133 e. The average molecular weight is 353 g/mol. The van der Waals surface area contributed by atoms with E-state index in [1.807, 2.05) is 12.1 Å². The minimum absolute atomic E-state index is 0. The SMILES string of the molecule is COc1cc([C@@H](N)[C@@H](O)C2CC2)c(OC)cc1Br.Cl. The predicted octanol–water partition coefficient (Wildman–Crippen LogP) is 2.66. The molecule has 0 saturated heterocycles. The van der Waals surface area contributed by atoms with Crippen LogP contribution in [0.25, 0.3) is 0 Å². The molecule has 1 aromatic rings. The van der Waals surface area contributed by atoms with E-state index in [-0.39, 0.29) is 12.4 Å². The van der Waals surface area contributed by atoms with Crippen molar-refractivity contribution in [1.82, 2.24) is 0 Å². The number of halogens is 2. The number of rotatable bonds is 5. The molecular formula is C13H19BrClNO3. The van der Waals surface area contributed by atoms with Crippen molar-refractivity contribution in [2.45, 2.75) is 25.0 Å². The molecule has 2 rings (SSSR count). The Morgan fingerprint density at radius 2 is 1.84 bits per heavy atom. The van der Waals surface area contributed by atoms with Crippen molar-refractivity contribution in [1.29, 1.82) is 0 Å². The first kappa shape index (κ1) is 16.6. The Hall–Kier alpha value is -0.490. The van der Waals surface area contributed by atoms with Gasteiger partial charge >= 0.3 is 0 Å². The zero-order chi connectivity index (χ0) is 13.3. The van der Waals surface area contributed by atoms with E-state index in [2.05, 4.69) is 15.9 Å². The molecule has 4 nitrogen and oxygen atoms in total. The van der Waals surface area contributed by atoms with Crippen molar-refractivity contribution in [3.8, 4) is 11.5 Å². The highest BCUT2D eigenvalue weighted by molar-refractivity contribution is 9.10. The van der Waals surface area contributed by atoms with Gasteiger partial charge in [-0.2, -0.15) is 0 Å². The number of benzene rings is 1. The van der Waals surface area contributed by atoms with E-state index in [1.165, 1.54) is 0 Å². The highest BCUT2D eigenvalue weighted by Gasteiger charge is 2.35. The van der Waals surface area contributed by atoms with E-state index in [0.717, 1.165) is 22.9 Å². The van der Waals surface area contributed by atoms with E-state index >= 15 is 0 Å². The first-order valence-electron chi connectivity index (χ1n) is 5.93. The zero-order valence-corrected chi connectivity index (χ0v) is 13.3. The number of aliphatic hydroxyl groups excluding tert-OH is 1. The summed E-state index contributed by atoms with van der Waals surface area (Å²) in [6, 6.07) is 3.18. The average Bonchev–Trinajstić information content (AvgIpc) is 3.20. The summed E-state index contributed by atoms with van der Waals surface area (Å²) in [4.78, 5) is 0. The fourth-order valence-electron chi connectivity index (χ4n) is 2.06. The first-order valence-corrected chi connectivity index (χ1v) is 6.72. The monoisotopic (exact) mass is 351 g/mol. The van der Waals surface area contributed by atoms with Gasteiger partial charge in [0, 0.05) is 5.56 Å². The van der Waals surface area contributed by atoms with Crippen LogP contribution in [0.5, 0.6) is 11.5 Å². The number of methoxy groups -OCH3 is 2. The van der Waals surface area contributed by atoms with Gasteiger partial charge in [0.05, 0.1) is 30.8 Å². The van der Waals surface area contributed by atoms with Crippen LogP contribution in [0.1, 0.15) is 24.4 Å². The largest absolute Gasteiger partial charge is 0.496 e. The van der Waals surface area contributed by atoms with Crippen LogP contribution in [0.4, 0.5) is 0 Å². The molecule has 1 aliphatic carbocycles. The molecular weight excluding hydrogens is 334 g/mol. The summed E-state index contributed by atoms with van der Waals surface area (Å²) in [7, 11) is 3.19. The fraction of sp³-hybridized carbons (Fsp3) is 0.538. The molecule has 0 heterocycles. The van der Waals surface area contributed by atoms with Crippen LogP contribution in [0, 0.1) is 5.92 Å². The summed E-state index contributed by atoms with van der Waals surface area (Å²) < 4.78 is 11.4. The quantitative estimate of drug-likeness (QED) is 0.855. The second kappa shape index (κ2) is 6.79. The molecule has 0 bridgehead atoms. The number of hydrogen-bond donors (Lipinski definition) is 2. The Labute approximate surface area is 127 Å². The topological polar surface area (TPSA) is 64.7 Å². The van der Waals surface area contributed by atoms with Gasteiger partial charge in [0.2, 0.25) is 0 Å². The van der Waals surface area contributed by atoms with Gasteiger partial charge in [-0.15, -0.1) is 12.4 Å². The summed E-state index contributed by atoms with van der Waals surface area (Å²) in [5.41, 5.74) is 6.90. The van der Waals surface area contributed by atoms with Crippen molar-refractivity contribution >= 4 is 28.3 Å². The van der Waals surface area contributed by atoms with Gasteiger partial charge in [-0.3, -0.25) is 0 Å². The third-order valence-corrected chi connectivity index (χ3v) is 3.96. The molecule has 1 aromatic carbocycles. The summed E-state index contributed by atoms with van der Waals surface area (Å²) in [5.74, 6) is 1.67. The molecule has 0 amide bonds. The van der Waals surface area contributed by atoms with Crippen molar-refractivity contribution in [2.75, 3.05) is 14.2 Å².